The van der Waals surface area contributed by atoms with Gasteiger partial charge in [0.05, 0.1) is 23.9 Å². The number of amides is 2. The number of hydrogen-bond acceptors (Lipinski definition) is 5. The first kappa shape index (κ1) is 23.1. The first-order chi connectivity index (χ1) is 18.2. The summed E-state index contributed by atoms with van der Waals surface area (Å²) < 4.78 is 14.0. The maximum atomic E-state index is 13.2. The van der Waals surface area contributed by atoms with E-state index >= 15 is 0 Å². The Morgan fingerprint density at radius 1 is 1.08 bits per heavy atom. The highest BCUT2D eigenvalue weighted by Crippen LogP contribution is 2.32. The Morgan fingerprint density at radius 3 is 2.84 bits per heavy atom. The Labute approximate surface area is 214 Å². The fraction of sp³-hybridized carbons (Fsp3) is 0.276. The number of aryl methyl sites for hydroxylation is 1. The summed E-state index contributed by atoms with van der Waals surface area (Å²) in [5, 5.41) is 3.02. The van der Waals surface area contributed by atoms with E-state index in [9.17, 15) is 9.59 Å². The van der Waals surface area contributed by atoms with Crippen LogP contribution in [-0.4, -0.2) is 51.7 Å². The smallest absolute Gasteiger partial charge is 0.410 e. The van der Waals surface area contributed by atoms with Crippen molar-refractivity contribution in [1.29, 1.82) is 0 Å². The van der Waals surface area contributed by atoms with Gasteiger partial charge >= 0.3 is 6.09 Å². The van der Waals surface area contributed by atoms with Gasteiger partial charge in [-0.2, -0.15) is 0 Å². The third-order valence-corrected chi connectivity index (χ3v) is 6.97. The maximum absolute atomic E-state index is 13.2. The molecular formula is C29H28N4O4. The molecule has 8 heteroatoms. The predicted octanol–water partition coefficient (Wildman–Crippen LogP) is 4.38. The average Bonchev–Trinajstić information content (AvgIpc) is 3.54. The van der Waals surface area contributed by atoms with Crippen molar-refractivity contribution in [3.8, 4) is 16.9 Å². The van der Waals surface area contributed by atoms with E-state index < -0.39 is 12.1 Å². The quantitative estimate of drug-likeness (QED) is 0.445. The van der Waals surface area contributed by atoms with Gasteiger partial charge in [-0.25, -0.2) is 9.78 Å². The molecule has 4 aromatic rings. The molecule has 2 aliphatic rings. The Bertz CT molecular complexity index is 1430. The van der Waals surface area contributed by atoms with Crippen LogP contribution in [-0.2, 0) is 22.7 Å². The van der Waals surface area contributed by atoms with Gasteiger partial charge in [-0.3, -0.25) is 9.69 Å². The number of benzene rings is 3. The zero-order valence-corrected chi connectivity index (χ0v) is 20.4. The topological polar surface area (TPSA) is 85.7 Å². The summed E-state index contributed by atoms with van der Waals surface area (Å²) in [5.41, 5.74) is 5.00. The van der Waals surface area contributed by atoms with Gasteiger partial charge in [0.15, 0.2) is 0 Å². The van der Waals surface area contributed by atoms with Crippen LogP contribution in [0, 0.1) is 0 Å². The number of likely N-dealkylation sites (tertiary alicyclic amines) is 1. The van der Waals surface area contributed by atoms with Crippen molar-refractivity contribution in [2.24, 2.45) is 0 Å². The first-order valence-electron chi connectivity index (χ1n) is 12.6. The second kappa shape index (κ2) is 9.97. The van der Waals surface area contributed by atoms with Crippen molar-refractivity contribution in [3.05, 3.63) is 84.7 Å². The standard InChI is InChI=1S/C29H28N4O4/c34-28-26-16-23(17-33(26)29(35)36-18-20-7-2-1-3-8-20)37-22-10-4-9-21(15-22)24-11-5-12-25-27(24)32(19-31-25)14-6-13-30-28/h1-5,7-12,15,19,23,26H,6,13-14,16-18H2,(H,30,34)/t23-,26-/m0/s1. The molecule has 8 nitrogen and oxygen atoms in total. The highest BCUT2D eigenvalue weighted by atomic mass is 16.6. The number of nitrogens with one attached hydrogen (secondary N) is 1. The van der Waals surface area contributed by atoms with Gasteiger partial charge in [0.2, 0.25) is 5.91 Å². The molecule has 1 saturated heterocycles. The number of para-hydroxylation sites is 1. The third-order valence-electron chi connectivity index (χ3n) is 6.97. The zero-order chi connectivity index (χ0) is 25.2. The molecule has 6 rings (SSSR count). The number of rotatable bonds is 2. The van der Waals surface area contributed by atoms with E-state index in [0.717, 1.165) is 34.1 Å². The van der Waals surface area contributed by atoms with E-state index in [0.29, 0.717) is 25.3 Å². The number of fused-ring (bicyclic) bond motifs is 5. The van der Waals surface area contributed by atoms with Crippen LogP contribution in [0.15, 0.2) is 79.1 Å². The van der Waals surface area contributed by atoms with Crippen LogP contribution in [0.4, 0.5) is 4.79 Å². The van der Waals surface area contributed by atoms with Crippen LogP contribution in [0.25, 0.3) is 22.2 Å². The lowest BCUT2D eigenvalue weighted by Gasteiger charge is -2.23. The molecule has 4 bridgehead atoms. The van der Waals surface area contributed by atoms with E-state index in [4.69, 9.17) is 9.47 Å². The molecule has 0 radical (unpaired) electrons. The number of imidazole rings is 1. The van der Waals surface area contributed by atoms with E-state index in [1.807, 2.05) is 67.0 Å². The highest BCUT2D eigenvalue weighted by Gasteiger charge is 2.41. The number of carbonyl (C=O) groups excluding carboxylic acids is 2. The van der Waals surface area contributed by atoms with Crippen LogP contribution < -0.4 is 10.1 Å². The summed E-state index contributed by atoms with van der Waals surface area (Å²) >= 11 is 0. The molecule has 3 aromatic carbocycles. The minimum Gasteiger partial charge on any atom is -0.488 e. The summed E-state index contributed by atoms with van der Waals surface area (Å²) in [5.74, 6) is 0.502. The van der Waals surface area contributed by atoms with Crippen molar-refractivity contribution in [2.75, 3.05) is 13.1 Å². The van der Waals surface area contributed by atoms with Crippen LogP contribution >= 0.6 is 0 Å². The molecule has 0 aliphatic carbocycles. The van der Waals surface area contributed by atoms with Crippen molar-refractivity contribution >= 4 is 23.0 Å². The zero-order valence-electron chi connectivity index (χ0n) is 20.4. The average molecular weight is 497 g/mol. The largest absolute Gasteiger partial charge is 0.488 e. The minimum atomic E-state index is -0.654. The van der Waals surface area contributed by atoms with Gasteiger partial charge in [-0.1, -0.05) is 54.6 Å². The molecule has 1 fully saturated rings. The molecule has 1 aromatic heterocycles. The second-order valence-electron chi connectivity index (χ2n) is 9.47. The fourth-order valence-electron chi connectivity index (χ4n) is 5.17. The van der Waals surface area contributed by atoms with E-state index in [1.54, 1.807) is 0 Å². The minimum absolute atomic E-state index is 0.150. The van der Waals surface area contributed by atoms with Gasteiger partial charge in [0.25, 0.3) is 0 Å². The molecule has 0 spiro atoms. The third kappa shape index (κ3) is 4.74. The molecule has 37 heavy (non-hydrogen) atoms. The van der Waals surface area contributed by atoms with Crippen LogP contribution in [0.5, 0.6) is 5.75 Å². The van der Waals surface area contributed by atoms with Crippen LogP contribution in [0.3, 0.4) is 0 Å². The van der Waals surface area contributed by atoms with E-state index in [2.05, 4.69) is 27.0 Å². The van der Waals surface area contributed by atoms with Crippen molar-refractivity contribution in [2.45, 2.75) is 38.1 Å². The molecule has 188 valence electrons. The molecule has 0 unspecified atom stereocenters. The van der Waals surface area contributed by atoms with Crippen LogP contribution in [0.1, 0.15) is 18.4 Å². The van der Waals surface area contributed by atoms with Crippen molar-refractivity contribution < 1.29 is 19.1 Å². The molecule has 0 saturated carbocycles. The molecule has 1 N–H and O–H groups in total. The molecule has 2 amide bonds. The van der Waals surface area contributed by atoms with Gasteiger partial charge in [-0.05, 0) is 35.7 Å². The molecular weight excluding hydrogens is 468 g/mol. The van der Waals surface area contributed by atoms with Gasteiger partial charge in [0, 0.05) is 25.1 Å². The van der Waals surface area contributed by atoms with Crippen molar-refractivity contribution in [1.82, 2.24) is 19.8 Å². The number of carbonyl (C=O) groups is 2. The monoisotopic (exact) mass is 496 g/mol. The van der Waals surface area contributed by atoms with Gasteiger partial charge in [-0.15, -0.1) is 0 Å². The Hall–Kier alpha value is -4.33. The summed E-state index contributed by atoms with van der Waals surface area (Å²) in [4.78, 5) is 32.3. The summed E-state index contributed by atoms with van der Waals surface area (Å²) in [7, 11) is 0. The summed E-state index contributed by atoms with van der Waals surface area (Å²) in [6.45, 7) is 1.62. The van der Waals surface area contributed by atoms with Gasteiger partial charge < -0.3 is 19.4 Å². The highest BCUT2D eigenvalue weighted by molar-refractivity contribution is 5.92. The maximum Gasteiger partial charge on any atom is 0.410 e. The lowest BCUT2D eigenvalue weighted by molar-refractivity contribution is -0.125. The SMILES string of the molecule is O=C1NCCCn2cnc3cccc(c32)-c2cccc(c2)O[C@H]2C[C@@H]1N(C(=O)OCc1ccccc1)C2. The predicted molar refractivity (Wildman–Crippen MR) is 139 cm³/mol. The summed E-state index contributed by atoms with van der Waals surface area (Å²) in [6.07, 6.45) is 2.13. The first-order valence-corrected chi connectivity index (χ1v) is 12.6. The summed E-state index contributed by atoms with van der Waals surface area (Å²) in [6, 6.07) is 22.9. The van der Waals surface area contributed by atoms with E-state index in [1.165, 1.54) is 4.90 Å². The molecule has 3 heterocycles. The molecule has 2 aliphatic heterocycles. The Morgan fingerprint density at radius 2 is 1.95 bits per heavy atom. The lowest BCUT2D eigenvalue weighted by atomic mass is 10.0. The lowest BCUT2D eigenvalue weighted by Crippen LogP contribution is -2.46. The van der Waals surface area contributed by atoms with Crippen LogP contribution in [0.2, 0.25) is 0 Å². The van der Waals surface area contributed by atoms with E-state index in [-0.39, 0.29) is 25.2 Å². The number of ether oxygens (including phenoxy) is 2. The Balaban J connectivity index is 1.28. The second-order valence-corrected chi connectivity index (χ2v) is 9.47. The number of nitrogens with zero attached hydrogens (tertiary/aromatic N) is 3. The molecule has 2 atom stereocenters. The number of aromatic nitrogens is 2. The Kier molecular flexibility index (Phi) is 6.22. The fourth-order valence-corrected chi connectivity index (χ4v) is 5.17. The van der Waals surface area contributed by atoms with Gasteiger partial charge in [0.1, 0.15) is 24.5 Å². The van der Waals surface area contributed by atoms with Crippen molar-refractivity contribution in [3.63, 3.8) is 0 Å². The number of hydrogen-bond donors (Lipinski definition) is 1. The normalized spacial score (nSPS) is 19.5.